The highest BCUT2D eigenvalue weighted by molar-refractivity contribution is 6.81. The van der Waals surface area contributed by atoms with Gasteiger partial charge in [0, 0.05) is 45.7 Å². The van der Waals surface area contributed by atoms with Gasteiger partial charge in [-0.1, -0.05) is 78.9 Å². The minimum atomic E-state index is -4.20. The molecule has 0 amide bonds. The zero-order valence-electron chi connectivity index (χ0n) is 29.4. The van der Waals surface area contributed by atoms with Gasteiger partial charge in [0.1, 0.15) is 12.4 Å². The average molecular weight is 713 g/mol. The lowest BCUT2D eigenvalue weighted by atomic mass is 10.1. The lowest BCUT2D eigenvalue weighted by molar-refractivity contribution is -0.150. The smallest absolute Gasteiger partial charge is 0.493 e. The van der Waals surface area contributed by atoms with Crippen LogP contribution in [0.3, 0.4) is 0 Å². The third kappa shape index (κ3) is 13.7. The molecule has 0 bridgehead atoms. The van der Waals surface area contributed by atoms with E-state index in [1.807, 2.05) is 70.2 Å². The monoisotopic (exact) mass is 712 g/mol. The Kier molecular flexibility index (Phi) is 18.9. The molecular weight excluding hydrogens is 665 g/mol. The maximum absolute atomic E-state index is 12.2. The van der Waals surface area contributed by atoms with Crippen molar-refractivity contribution in [1.82, 2.24) is 0 Å². The summed E-state index contributed by atoms with van der Waals surface area (Å²) in [7, 11) is -5.94. The third-order valence-corrected chi connectivity index (χ3v) is 10.8. The predicted molar refractivity (Wildman–Crippen MR) is 193 cm³/mol. The van der Waals surface area contributed by atoms with Crippen LogP contribution in [0.15, 0.2) is 84.9 Å². The Bertz CT molecular complexity index is 1560. The van der Waals surface area contributed by atoms with Crippen molar-refractivity contribution < 1.29 is 50.4 Å². The molecule has 0 aromatic heterocycles. The molecule has 0 atom stereocenters. The van der Waals surface area contributed by atoms with Gasteiger partial charge >= 0.3 is 24.3 Å². The number of fused-ring (bicyclic) bond motifs is 2. The lowest BCUT2D eigenvalue weighted by Gasteiger charge is -2.27. The first-order chi connectivity index (χ1) is 23.6. The van der Waals surface area contributed by atoms with E-state index in [2.05, 4.69) is 18.2 Å². The highest BCUT2D eigenvalue weighted by Crippen LogP contribution is 2.25. The normalized spacial score (nSPS) is 10.8. The molecule has 0 fully saturated rings. The van der Waals surface area contributed by atoms with Crippen LogP contribution in [0.5, 0.6) is 5.75 Å². The van der Waals surface area contributed by atoms with Gasteiger partial charge in [0.15, 0.2) is 0 Å². The molecule has 0 heterocycles. The Labute approximate surface area is 291 Å². The molecule has 0 aliphatic carbocycles. The van der Waals surface area contributed by atoms with Crippen molar-refractivity contribution in [2.45, 2.75) is 48.5 Å². The SMILES string of the molecule is CCOCC(=O)O[Si](OC(C)=O)(OC(C)=O)c1cccc2ccccc12.CCO[SiH](OCC)OCC.CCOc1cccc2ccccc12. The fourth-order valence-electron chi connectivity index (χ4n) is 4.49. The van der Waals surface area contributed by atoms with E-state index >= 15 is 0 Å². The van der Waals surface area contributed by atoms with Gasteiger partial charge < -0.3 is 36.0 Å². The third-order valence-electron chi connectivity index (χ3n) is 6.31. The molecule has 13 heteroatoms. The molecular formula is C36H48O11Si2. The molecule has 4 aromatic rings. The summed E-state index contributed by atoms with van der Waals surface area (Å²) in [6.07, 6.45) is 0. The number of hydrogen-bond donors (Lipinski definition) is 0. The molecule has 0 unspecified atom stereocenters. The van der Waals surface area contributed by atoms with Crippen LogP contribution in [0.1, 0.15) is 48.5 Å². The maximum Gasteiger partial charge on any atom is 0.743 e. The van der Waals surface area contributed by atoms with E-state index in [1.165, 1.54) is 10.8 Å². The van der Waals surface area contributed by atoms with Crippen molar-refractivity contribution in [2.75, 3.05) is 39.6 Å². The van der Waals surface area contributed by atoms with Gasteiger partial charge in [-0.2, -0.15) is 0 Å². The van der Waals surface area contributed by atoms with Gasteiger partial charge in [0.2, 0.25) is 0 Å². The largest absolute Gasteiger partial charge is 0.743 e. The fourth-order valence-corrected chi connectivity index (χ4v) is 8.03. The molecule has 0 spiro atoms. The second kappa shape index (κ2) is 22.5. The van der Waals surface area contributed by atoms with E-state index < -0.39 is 36.2 Å². The van der Waals surface area contributed by atoms with Crippen molar-refractivity contribution in [2.24, 2.45) is 0 Å². The highest BCUT2D eigenvalue weighted by atomic mass is 28.4. The molecule has 4 rings (SSSR count). The molecule has 4 aromatic carbocycles. The van der Waals surface area contributed by atoms with Crippen molar-refractivity contribution in [3.63, 3.8) is 0 Å². The molecule has 0 aliphatic heterocycles. The maximum atomic E-state index is 12.2. The number of rotatable bonds is 15. The van der Waals surface area contributed by atoms with E-state index in [9.17, 15) is 14.4 Å². The zero-order valence-corrected chi connectivity index (χ0v) is 31.5. The van der Waals surface area contributed by atoms with E-state index in [1.54, 1.807) is 31.2 Å². The van der Waals surface area contributed by atoms with Crippen molar-refractivity contribution in [3.05, 3.63) is 84.9 Å². The van der Waals surface area contributed by atoms with Crippen LogP contribution < -0.4 is 9.92 Å². The standard InChI is InChI=1S/C18H20O7Si.C12H12O.C6H16O3Si/c1-4-22-12-18(21)25-26(23-13(2)19,24-14(3)20)17-11-7-9-15-8-5-6-10-16(15)17;1-2-13-12-9-5-7-10-6-3-4-8-11(10)12;1-4-7-10(8-5-2)9-6-3/h5-11H,4,12H2,1-3H3;3-9H,2H2,1H3;10H,4-6H2,1-3H3. The van der Waals surface area contributed by atoms with Crippen LogP contribution in [0.2, 0.25) is 0 Å². The number of benzene rings is 4. The van der Waals surface area contributed by atoms with E-state index in [-0.39, 0.29) is 6.61 Å². The summed E-state index contributed by atoms with van der Waals surface area (Å²) in [5, 5.41) is 4.25. The quantitative estimate of drug-likeness (QED) is 0.140. The number of carbonyl (C=O) groups excluding carboxylic acids is 3. The van der Waals surface area contributed by atoms with Crippen LogP contribution >= 0.6 is 0 Å². The Morgan fingerprint density at radius 2 is 1.06 bits per heavy atom. The summed E-state index contributed by atoms with van der Waals surface area (Å²) in [6.45, 7) is 14.6. The zero-order chi connectivity index (χ0) is 36.1. The molecule has 49 heavy (non-hydrogen) atoms. The molecule has 0 saturated carbocycles. The van der Waals surface area contributed by atoms with Crippen LogP contribution in [0.4, 0.5) is 0 Å². The Hall–Kier alpha value is -4.12. The average Bonchev–Trinajstić information content (AvgIpc) is 3.08. The van der Waals surface area contributed by atoms with Gasteiger partial charge in [-0.15, -0.1) is 0 Å². The second-order valence-corrected chi connectivity index (χ2v) is 13.8. The van der Waals surface area contributed by atoms with Crippen molar-refractivity contribution in [3.8, 4) is 5.75 Å². The minimum absolute atomic E-state index is 0.305. The minimum Gasteiger partial charge on any atom is -0.493 e. The van der Waals surface area contributed by atoms with Crippen molar-refractivity contribution >= 4 is 63.0 Å². The molecule has 266 valence electrons. The van der Waals surface area contributed by atoms with Gasteiger partial charge in [-0.05, 0) is 56.8 Å². The molecule has 11 nitrogen and oxygen atoms in total. The predicted octanol–water partition coefficient (Wildman–Crippen LogP) is 5.74. The van der Waals surface area contributed by atoms with E-state index in [0.29, 0.717) is 43.6 Å². The van der Waals surface area contributed by atoms with Gasteiger partial charge in [0.25, 0.3) is 11.9 Å². The summed E-state index contributed by atoms with van der Waals surface area (Å²) in [6, 6.07) is 26.8. The van der Waals surface area contributed by atoms with E-state index in [4.69, 9.17) is 36.0 Å². The van der Waals surface area contributed by atoms with E-state index in [0.717, 1.165) is 25.0 Å². The summed E-state index contributed by atoms with van der Waals surface area (Å²) < 4.78 is 42.4. The van der Waals surface area contributed by atoms with Gasteiger partial charge in [0.05, 0.1) is 11.8 Å². The summed E-state index contributed by atoms with van der Waals surface area (Å²) in [4.78, 5) is 35.7. The molecule has 0 N–H and O–H groups in total. The number of hydrogen-bond acceptors (Lipinski definition) is 11. The summed E-state index contributed by atoms with van der Waals surface area (Å²) in [5.74, 6) is -1.26. The Balaban J connectivity index is 0.000000299. The van der Waals surface area contributed by atoms with Crippen LogP contribution in [-0.4, -0.2) is 75.9 Å². The van der Waals surface area contributed by atoms with Crippen LogP contribution in [0.25, 0.3) is 21.5 Å². The van der Waals surface area contributed by atoms with Crippen molar-refractivity contribution in [1.29, 1.82) is 0 Å². The lowest BCUT2D eigenvalue weighted by Crippen LogP contribution is -2.60. The topological polar surface area (TPSA) is 125 Å². The summed E-state index contributed by atoms with van der Waals surface area (Å²) >= 11 is 0. The first kappa shape index (κ1) is 41.1. The first-order valence-electron chi connectivity index (χ1n) is 16.3. The highest BCUT2D eigenvalue weighted by Gasteiger charge is 2.56. The molecule has 0 saturated heterocycles. The number of carbonyl (C=O) groups is 3. The Morgan fingerprint density at radius 1 is 0.571 bits per heavy atom. The summed E-state index contributed by atoms with van der Waals surface area (Å²) in [5.41, 5.74) is 0. The van der Waals surface area contributed by atoms with Gasteiger partial charge in [-0.3, -0.25) is 14.4 Å². The molecule has 0 radical (unpaired) electrons. The second-order valence-electron chi connectivity index (χ2n) is 9.95. The van der Waals surface area contributed by atoms with Crippen LogP contribution in [-0.2, 0) is 45.7 Å². The van der Waals surface area contributed by atoms with Crippen LogP contribution in [0, 0.1) is 0 Å². The first-order valence-corrected chi connectivity index (χ1v) is 19.4. The molecule has 0 aliphatic rings. The van der Waals surface area contributed by atoms with Gasteiger partial charge in [-0.25, -0.2) is 0 Å². The Morgan fingerprint density at radius 3 is 1.57 bits per heavy atom. The number of ether oxygens (including phenoxy) is 2. The fraction of sp³-hybridized carbons (Fsp3) is 0.361.